The van der Waals surface area contributed by atoms with Gasteiger partial charge in [-0.15, -0.1) is 0 Å². The first-order valence-electron chi connectivity index (χ1n) is 5.38. The lowest BCUT2D eigenvalue weighted by Crippen LogP contribution is -2.36. The van der Waals surface area contributed by atoms with Crippen LogP contribution in [0.4, 0.5) is 0 Å². The minimum Gasteiger partial charge on any atom is -0.480 e. The summed E-state index contributed by atoms with van der Waals surface area (Å²) in [6, 6.07) is -0.934. The van der Waals surface area contributed by atoms with E-state index in [9.17, 15) is 4.79 Å². The molecule has 0 aliphatic carbocycles. The third kappa shape index (κ3) is 5.11. The zero-order valence-electron chi connectivity index (χ0n) is 8.85. The van der Waals surface area contributed by atoms with Crippen LogP contribution in [0.25, 0.3) is 0 Å². The van der Waals surface area contributed by atoms with Gasteiger partial charge in [0.2, 0.25) is 0 Å². The van der Waals surface area contributed by atoms with Gasteiger partial charge in [0.25, 0.3) is 0 Å². The molecular formula is C10H19NO4. The standard InChI is InChI=1S/C10H19NO4/c11-9(10(12)13)7-14-6-8-4-2-1-3-5-15-8/h8-9H,1-7,11H2,(H,12,13). The molecule has 0 spiro atoms. The van der Waals surface area contributed by atoms with Crippen molar-refractivity contribution >= 4 is 5.97 Å². The van der Waals surface area contributed by atoms with Crippen molar-refractivity contribution in [3.05, 3.63) is 0 Å². The van der Waals surface area contributed by atoms with Crippen molar-refractivity contribution in [2.75, 3.05) is 19.8 Å². The van der Waals surface area contributed by atoms with Crippen molar-refractivity contribution in [1.82, 2.24) is 0 Å². The van der Waals surface area contributed by atoms with Crippen LogP contribution in [0, 0.1) is 0 Å². The fourth-order valence-corrected chi connectivity index (χ4v) is 1.51. The van der Waals surface area contributed by atoms with E-state index in [1.807, 2.05) is 0 Å². The summed E-state index contributed by atoms with van der Waals surface area (Å²) in [6.45, 7) is 1.27. The topological polar surface area (TPSA) is 81.8 Å². The highest BCUT2D eigenvalue weighted by Crippen LogP contribution is 2.13. The Morgan fingerprint density at radius 3 is 3.07 bits per heavy atom. The van der Waals surface area contributed by atoms with Crippen LogP contribution in [-0.2, 0) is 14.3 Å². The predicted octanol–water partition coefficient (Wildman–Crippen LogP) is 0.374. The normalized spacial score (nSPS) is 24.5. The van der Waals surface area contributed by atoms with Crippen molar-refractivity contribution in [2.24, 2.45) is 5.73 Å². The minimum atomic E-state index is -1.03. The number of nitrogens with two attached hydrogens (primary N) is 1. The number of carboxylic acids is 1. The maximum Gasteiger partial charge on any atom is 0.322 e. The third-order valence-electron chi connectivity index (χ3n) is 2.44. The first-order chi connectivity index (χ1) is 7.20. The molecular weight excluding hydrogens is 198 g/mol. The Balaban J connectivity index is 2.10. The molecule has 1 heterocycles. The van der Waals surface area contributed by atoms with Gasteiger partial charge in [-0.1, -0.05) is 12.8 Å². The Kier molecular flexibility index (Phi) is 5.60. The summed E-state index contributed by atoms with van der Waals surface area (Å²) in [5, 5.41) is 8.53. The summed E-state index contributed by atoms with van der Waals surface area (Å²) in [5.74, 6) is -1.03. The fraction of sp³-hybridized carbons (Fsp3) is 0.900. The number of aliphatic carboxylic acids is 1. The summed E-state index contributed by atoms with van der Waals surface area (Å²) < 4.78 is 10.8. The highest BCUT2D eigenvalue weighted by Gasteiger charge is 2.15. The number of carboxylic acid groups (broad SMARTS) is 1. The van der Waals surface area contributed by atoms with Gasteiger partial charge in [0.05, 0.1) is 19.3 Å². The van der Waals surface area contributed by atoms with Gasteiger partial charge >= 0.3 is 5.97 Å². The number of rotatable bonds is 5. The maximum atomic E-state index is 10.4. The molecule has 2 atom stereocenters. The highest BCUT2D eigenvalue weighted by atomic mass is 16.5. The second-order valence-corrected chi connectivity index (χ2v) is 3.82. The van der Waals surface area contributed by atoms with Crippen molar-refractivity contribution in [3.63, 3.8) is 0 Å². The van der Waals surface area contributed by atoms with Crippen LogP contribution < -0.4 is 5.73 Å². The van der Waals surface area contributed by atoms with Crippen LogP contribution in [0.15, 0.2) is 0 Å². The molecule has 2 unspecified atom stereocenters. The number of hydrogen-bond donors (Lipinski definition) is 2. The van der Waals surface area contributed by atoms with Crippen molar-refractivity contribution in [3.8, 4) is 0 Å². The monoisotopic (exact) mass is 217 g/mol. The zero-order valence-corrected chi connectivity index (χ0v) is 8.85. The average molecular weight is 217 g/mol. The lowest BCUT2D eigenvalue weighted by Gasteiger charge is -2.15. The quantitative estimate of drug-likeness (QED) is 0.695. The van der Waals surface area contributed by atoms with E-state index in [1.54, 1.807) is 0 Å². The first kappa shape index (κ1) is 12.4. The van der Waals surface area contributed by atoms with E-state index in [2.05, 4.69) is 0 Å². The van der Waals surface area contributed by atoms with Gasteiger partial charge in [0.15, 0.2) is 0 Å². The van der Waals surface area contributed by atoms with Gasteiger partial charge in [-0.3, -0.25) is 4.79 Å². The van der Waals surface area contributed by atoms with E-state index in [-0.39, 0.29) is 12.7 Å². The minimum absolute atomic E-state index is 0.0508. The van der Waals surface area contributed by atoms with Gasteiger partial charge in [0, 0.05) is 6.61 Å². The summed E-state index contributed by atoms with van der Waals surface area (Å²) in [4.78, 5) is 10.4. The predicted molar refractivity (Wildman–Crippen MR) is 54.6 cm³/mol. The Morgan fingerprint density at radius 1 is 1.53 bits per heavy atom. The summed E-state index contributed by atoms with van der Waals surface area (Å²) in [6.07, 6.45) is 4.55. The largest absolute Gasteiger partial charge is 0.480 e. The molecule has 0 amide bonds. The summed E-state index contributed by atoms with van der Waals surface area (Å²) >= 11 is 0. The molecule has 88 valence electrons. The van der Waals surface area contributed by atoms with E-state index >= 15 is 0 Å². The molecule has 0 aromatic heterocycles. The molecule has 0 aromatic rings. The van der Waals surface area contributed by atoms with Crippen LogP contribution in [0.3, 0.4) is 0 Å². The molecule has 3 N–H and O–H groups in total. The molecule has 1 rings (SSSR count). The van der Waals surface area contributed by atoms with Crippen LogP contribution in [0.5, 0.6) is 0 Å². The van der Waals surface area contributed by atoms with Crippen LogP contribution in [0.1, 0.15) is 25.7 Å². The molecule has 1 aliphatic heterocycles. The van der Waals surface area contributed by atoms with E-state index in [1.165, 1.54) is 6.42 Å². The second kappa shape index (κ2) is 6.76. The highest BCUT2D eigenvalue weighted by molar-refractivity contribution is 5.73. The molecule has 5 heteroatoms. The van der Waals surface area contributed by atoms with Crippen molar-refractivity contribution < 1.29 is 19.4 Å². The maximum absolute atomic E-state index is 10.4. The lowest BCUT2D eigenvalue weighted by atomic mass is 10.1. The molecule has 0 aromatic carbocycles. The molecule has 0 bridgehead atoms. The zero-order chi connectivity index (χ0) is 11.1. The molecule has 15 heavy (non-hydrogen) atoms. The molecule has 1 aliphatic rings. The average Bonchev–Trinajstić information content (AvgIpc) is 2.46. The van der Waals surface area contributed by atoms with Gasteiger partial charge in [-0.2, -0.15) is 0 Å². The Morgan fingerprint density at radius 2 is 2.33 bits per heavy atom. The SMILES string of the molecule is NC(COCC1CCCCCO1)C(=O)O. The Bertz CT molecular complexity index is 190. The van der Waals surface area contributed by atoms with Crippen molar-refractivity contribution in [1.29, 1.82) is 0 Å². The Hall–Kier alpha value is -0.650. The van der Waals surface area contributed by atoms with Crippen LogP contribution in [-0.4, -0.2) is 43.0 Å². The summed E-state index contributed by atoms with van der Waals surface area (Å²) in [7, 11) is 0. The van der Waals surface area contributed by atoms with Gasteiger partial charge < -0.3 is 20.3 Å². The number of hydrogen-bond acceptors (Lipinski definition) is 4. The Labute approximate surface area is 89.5 Å². The van der Waals surface area contributed by atoms with E-state index in [4.69, 9.17) is 20.3 Å². The molecule has 1 saturated heterocycles. The first-order valence-corrected chi connectivity index (χ1v) is 5.38. The van der Waals surface area contributed by atoms with E-state index in [0.29, 0.717) is 6.61 Å². The van der Waals surface area contributed by atoms with Crippen LogP contribution in [0.2, 0.25) is 0 Å². The lowest BCUT2D eigenvalue weighted by molar-refractivity contribution is -0.140. The smallest absolute Gasteiger partial charge is 0.322 e. The van der Waals surface area contributed by atoms with E-state index in [0.717, 1.165) is 25.9 Å². The molecule has 5 nitrogen and oxygen atoms in total. The summed E-state index contributed by atoms with van der Waals surface area (Å²) in [5.41, 5.74) is 5.30. The second-order valence-electron chi connectivity index (χ2n) is 3.82. The van der Waals surface area contributed by atoms with E-state index < -0.39 is 12.0 Å². The van der Waals surface area contributed by atoms with Gasteiger partial charge in [0.1, 0.15) is 6.04 Å². The van der Waals surface area contributed by atoms with Gasteiger partial charge in [-0.25, -0.2) is 0 Å². The third-order valence-corrected chi connectivity index (χ3v) is 2.44. The number of carbonyl (C=O) groups is 1. The number of ether oxygens (including phenoxy) is 2. The molecule has 1 fully saturated rings. The van der Waals surface area contributed by atoms with Crippen LogP contribution >= 0.6 is 0 Å². The molecule has 0 radical (unpaired) electrons. The molecule has 0 saturated carbocycles. The fourth-order valence-electron chi connectivity index (χ4n) is 1.51. The van der Waals surface area contributed by atoms with Crippen molar-refractivity contribution in [2.45, 2.75) is 37.8 Å². The van der Waals surface area contributed by atoms with Gasteiger partial charge in [-0.05, 0) is 12.8 Å².